The number of rotatable bonds is 4. The highest BCUT2D eigenvalue weighted by molar-refractivity contribution is 9.09. The molecule has 0 aromatic heterocycles. The van der Waals surface area contributed by atoms with Crippen molar-refractivity contribution >= 4 is 33.3 Å². The van der Waals surface area contributed by atoms with E-state index in [4.69, 9.17) is 11.6 Å². The van der Waals surface area contributed by atoms with Gasteiger partial charge in [-0.25, -0.2) is 0 Å². The van der Waals surface area contributed by atoms with E-state index in [0.29, 0.717) is 5.33 Å². The van der Waals surface area contributed by atoms with Crippen LogP contribution in [0, 0.1) is 0 Å². The standard InChI is InChI=1S/C10H7BrClF3O2/c11-5-4-8(16)6-2-1-3-7(12)9(6)17-10(13,14)15/h1-3H,4-5H2. The first-order chi connectivity index (χ1) is 7.85. The molecule has 0 radical (unpaired) electrons. The summed E-state index contributed by atoms with van der Waals surface area (Å²) in [6.07, 6.45) is -4.82. The van der Waals surface area contributed by atoms with E-state index in [1.165, 1.54) is 18.2 Å². The number of carbonyl (C=O) groups is 1. The van der Waals surface area contributed by atoms with Gasteiger partial charge in [0, 0.05) is 11.8 Å². The third kappa shape index (κ3) is 4.20. The minimum Gasteiger partial charge on any atom is -0.403 e. The van der Waals surface area contributed by atoms with Crippen molar-refractivity contribution in [1.29, 1.82) is 0 Å². The van der Waals surface area contributed by atoms with Crippen molar-refractivity contribution < 1.29 is 22.7 Å². The van der Waals surface area contributed by atoms with Gasteiger partial charge in [-0.2, -0.15) is 0 Å². The Morgan fingerprint density at radius 1 is 1.41 bits per heavy atom. The third-order valence-electron chi connectivity index (χ3n) is 1.81. The zero-order valence-corrected chi connectivity index (χ0v) is 10.7. The molecule has 0 bridgehead atoms. The second-order valence-corrected chi connectivity index (χ2v) is 4.23. The number of benzene rings is 1. The largest absolute Gasteiger partial charge is 0.573 e. The quantitative estimate of drug-likeness (QED) is 0.610. The summed E-state index contributed by atoms with van der Waals surface area (Å²) < 4.78 is 40.2. The molecule has 0 saturated carbocycles. The van der Waals surface area contributed by atoms with Crippen molar-refractivity contribution in [3.8, 4) is 5.75 Å². The predicted molar refractivity (Wildman–Crippen MR) is 60.9 cm³/mol. The molecule has 0 heterocycles. The topological polar surface area (TPSA) is 26.3 Å². The molecule has 0 spiro atoms. The minimum atomic E-state index is -4.88. The first kappa shape index (κ1) is 14.3. The van der Waals surface area contributed by atoms with E-state index in [2.05, 4.69) is 20.7 Å². The van der Waals surface area contributed by atoms with Crippen LogP contribution in [0.2, 0.25) is 5.02 Å². The van der Waals surface area contributed by atoms with Crippen LogP contribution >= 0.6 is 27.5 Å². The zero-order chi connectivity index (χ0) is 13.1. The van der Waals surface area contributed by atoms with E-state index in [1.54, 1.807) is 0 Å². The Labute approximate surface area is 109 Å². The monoisotopic (exact) mass is 330 g/mol. The lowest BCUT2D eigenvalue weighted by atomic mass is 10.1. The number of alkyl halides is 4. The summed E-state index contributed by atoms with van der Waals surface area (Å²) in [5.41, 5.74) is -0.172. The first-order valence-corrected chi connectivity index (χ1v) is 5.98. The highest BCUT2D eigenvalue weighted by Gasteiger charge is 2.33. The number of ether oxygens (including phenoxy) is 1. The molecule has 0 aliphatic carbocycles. The molecule has 0 atom stereocenters. The molecule has 2 nitrogen and oxygen atoms in total. The van der Waals surface area contributed by atoms with Gasteiger partial charge in [-0.3, -0.25) is 4.79 Å². The second kappa shape index (κ2) is 5.73. The normalized spacial score (nSPS) is 11.4. The number of hydrogen-bond acceptors (Lipinski definition) is 2. The predicted octanol–water partition coefficient (Wildman–Crippen LogP) is 4.21. The van der Waals surface area contributed by atoms with Gasteiger partial charge >= 0.3 is 6.36 Å². The maximum absolute atomic E-state index is 12.1. The smallest absolute Gasteiger partial charge is 0.403 e. The Bertz CT molecular complexity index is 421. The molecule has 7 heteroatoms. The van der Waals surface area contributed by atoms with Gasteiger partial charge in [-0.1, -0.05) is 33.6 Å². The fourth-order valence-electron chi connectivity index (χ4n) is 1.17. The third-order valence-corrected chi connectivity index (χ3v) is 2.50. The fraction of sp³-hybridized carbons (Fsp3) is 0.300. The zero-order valence-electron chi connectivity index (χ0n) is 8.35. The Kier molecular flexibility index (Phi) is 4.82. The molecule has 0 aliphatic heterocycles. The van der Waals surface area contributed by atoms with Crippen LogP contribution in [0.5, 0.6) is 5.75 Å². The molecular weight excluding hydrogens is 324 g/mol. The maximum atomic E-state index is 12.1. The molecule has 0 unspecified atom stereocenters. The second-order valence-electron chi connectivity index (χ2n) is 3.03. The summed E-state index contributed by atoms with van der Waals surface area (Å²) in [5, 5.41) is 0.104. The lowest BCUT2D eigenvalue weighted by molar-refractivity contribution is -0.274. The van der Waals surface area contributed by atoms with E-state index < -0.39 is 17.9 Å². The lowest BCUT2D eigenvalue weighted by Crippen LogP contribution is -2.19. The molecule has 94 valence electrons. The molecule has 1 aromatic rings. The lowest BCUT2D eigenvalue weighted by Gasteiger charge is -2.13. The van der Waals surface area contributed by atoms with Gasteiger partial charge in [0.25, 0.3) is 0 Å². The number of ketones is 1. The Balaban J connectivity index is 3.13. The van der Waals surface area contributed by atoms with Crippen LogP contribution in [0.3, 0.4) is 0 Å². The van der Waals surface area contributed by atoms with Crippen LogP contribution in [-0.2, 0) is 0 Å². The van der Waals surface area contributed by atoms with Crippen molar-refractivity contribution in [3.63, 3.8) is 0 Å². The highest BCUT2D eigenvalue weighted by atomic mass is 79.9. The van der Waals surface area contributed by atoms with Gasteiger partial charge in [-0.05, 0) is 12.1 Å². The summed E-state index contributed by atoms with van der Waals surface area (Å²) in [4.78, 5) is 11.6. The van der Waals surface area contributed by atoms with Gasteiger partial charge in [0.15, 0.2) is 11.5 Å². The molecule has 0 amide bonds. The van der Waals surface area contributed by atoms with Crippen molar-refractivity contribution in [2.75, 3.05) is 5.33 Å². The van der Waals surface area contributed by atoms with Crippen LogP contribution in [0.4, 0.5) is 13.2 Å². The molecule has 0 N–H and O–H groups in total. The molecule has 0 aliphatic rings. The maximum Gasteiger partial charge on any atom is 0.573 e. The van der Waals surface area contributed by atoms with Gasteiger partial charge in [0.1, 0.15) is 0 Å². The van der Waals surface area contributed by atoms with Crippen LogP contribution < -0.4 is 4.74 Å². The summed E-state index contributed by atoms with van der Waals surface area (Å²) in [7, 11) is 0. The summed E-state index contributed by atoms with van der Waals surface area (Å²) in [5.74, 6) is -1.11. The van der Waals surface area contributed by atoms with Crippen molar-refractivity contribution in [2.45, 2.75) is 12.8 Å². The van der Waals surface area contributed by atoms with E-state index in [-0.39, 0.29) is 17.0 Å². The van der Waals surface area contributed by atoms with E-state index in [0.717, 1.165) is 0 Å². The Hall–Kier alpha value is -0.750. The number of Topliss-reactive ketones (excluding diaryl/α,β-unsaturated/α-hetero) is 1. The van der Waals surface area contributed by atoms with Gasteiger partial charge in [0.2, 0.25) is 0 Å². The van der Waals surface area contributed by atoms with Crippen LogP contribution in [0.15, 0.2) is 18.2 Å². The Morgan fingerprint density at radius 2 is 2.06 bits per heavy atom. The van der Waals surface area contributed by atoms with Gasteiger partial charge in [0.05, 0.1) is 10.6 Å². The molecular formula is C10H7BrClF3O2. The first-order valence-electron chi connectivity index (χ1n) is 4.48. The summed E-state index contributed by atoms with van der Waals surface area (Å²) in [6, 6.07) is 3.87. The number of hydrogen-bond donors (Lipinski definition) is 0. The number of carbonyl (C=O) groups excluding carboxylic acids is 1. The van der Waals surface area contributed by atoms with Crippen LogP contribution in [0.1, 0.15) is 16.8 Å². The van der Waals surface area contributed by atoms with E-state index >= 15 is 0 Å². The average molecular weight is 332 g/mol. The van der Waals surface area contributed by atoms with Crippen molar-refractivity contribution in [3.05, 3.63) is 28.8 Å². The molecule has 0 fully saturated rings. The van der Waals surface area contributed by atoms with Crippen LogP contribution in [-0.4, -0.2) is 17.5 Å². The molecule has 0 saturated heterocycles. The molecule has 1 rings (SSSR count). The van der Waals surface area contributed by atoms with E-state index in [9.17, 15) is 18.0 Å². The highest BCUT2D eigenvalue weighted by Crippen LogP contribution is 2.34. The summed E-state index contributed by atoms with van der Waals surface area (Å²) >= 11 is 8.63. The van der Waals surface area contributed by atoms with Crippen LogP contribution in [0.25, 0.3) is 0 Å². The van der Waals surface area contributed by atoms with Crippen molar-refractivity contribution in [2.24, 2.45) is 0 Å². The van der Waals surface area contributed by atoms with Crippen molar-refractivity contribution in [1.82, 2.24) is 0 Å². The summed E-state index contributed by atoms with van der Waals surface area (Å²) in [6.45, 7) is 0. The SMILES string of the molecule is O=C(CCBr)c1cccc(Cl)c1OC(F)(F)F. The molecule has 1 aromatic carbocycles. The van der Waals surface area contributed by atoms with Gasteiger partial charge < -0.3 is 4.74 Å². The van der Waals surface area contributed by atoms with Gasteiger partial charge in [-0.15, -0.1) is 13.2 Å². The average Bonchev–Trinajstić information content (AvgIpc) is 2.19. The Morgan fingerprint density at radius 3 is 2.59 bits per heavy atom. The fourth-order valence-corrected chi connectivity index (χ4v) is 1.74. The van der Waals surface area contributed by atoms with E-state index in [1.807, 2.05) is 0 Å². The minimum absolute atomic E-state index is 0.0640. The molecule has 17 heavy (non-hydrogen) atoms. The number of halogens is 5. The number of para-hydroxylation sites is 1.